The van der Waals surface area contributed by atoms with Gasteiger partial charge in [0.15, 0.2) is 0 Å². The van der Waals surface area contributed by atoms with Crippen molar-refractivity contribution >= 4 is 0 Å². The predicted molar refractivity (Wildman–Crippen MR) is 32.9 cm³/mol. The summed E-state index contributed by atoms with van der Waals surface area (Å²) in [5.74, 6) is 0.0949. The molecule has 0 spiro atoms. The maximum absolute atomic E-state index is 10.7. The molecule has 0 fully saturated rings. The summed E-state index contributed by atoms with van der Waals surface area (Å²) in [6.07, 6.45) is 1.36. The van der Waals surface area contributed by atoms with Crippen molar-refractivity contribution in [2.45, 2.75) is 20.8 Å². The Bertz CT molecular complexity index is 103. The maximum Gasteiger partial charge on any atom is 1.00 e. The minimum Gasteiger partial charge on any atom is -0.956 e. The maximum atomic E-state index is 10.7. The standard InChI is InChI=1S/C7H13O.2Li/c1-5-6(8)7(2,3)4;;/h5,8H,1H2,2-4H3;;/q-1;2*+1/p-1/b6-5-;;. The first kappa shape index (κ1) is 16.9. The molecule has 0 aliphatic rings. The van der Waals surface area contributed by atoms with Crippen LogP contribution in [-0.4, -0.2) is 0 Å². The Labute approximate surface area is 87.6 Å². The Morgan fingerprint density at radius 1 is 1.30 bits per heavy atom. The molecular formula is C7H12Li2O. The number of rotatable bonds is 0. The minimum atomic E-state index is -0.248. The monoisotopic (exact) mass is 126 g/mol. The van der Waals surface area contributed by atoms with Gasteiger partial charge in [0, 0.05) is 0 Å². The van der Waals surface area contributed by atoms with E-state index in [-0.39, 0.29) is 48.9 Å². The quantitative estimate of drug-likeness (QED) is 0.181. The first-order valence-corrected chi connectivity index (χ1v) is 2.65. The Morgan fingerprint density at radius 2 is 1.60 bits per heavy atom. The van der Waals surface area contributed by atoms with Gasteiger partial charge >= 0.3 is 37.7 Å². The van der Waals surface area contributed by atoms with Crippen LogP contribution in [0.3, 0.4) is 0 Å². The molecule has 0 aromatic heterocycles. The van der Waals surface area contributed by atoms with Gasteiger partial charge in [-0.05, 0) is 0 Å². The van der Waals surface area contributed by atoms with Crippen LogP contribution in [0.5, 0.6) is 0 Å². The second-order valence-electron chi connectivity index (χ2n) is 2.82. The number of hydrogen-bond donors (Lipinski definition) is 0. The average molecular weight is 126 g/mol. The van der Waals surface area contributed by atoms with Crippen molar-refractivity contribution in [1.82, 2.24) is 0 Å². The zero-order valence-corrected chi connectivity index (χ0v) is 7.69. The summed E-state index contributed by atoms with van der Waals surface area (Å²) < 4.78 is 0. The van der Waals surface area contributed by atoms with Crippen LogP contribution in [0.2, 0.25) is 0 Å². The van der Waals surface area contributed by atoms with Crippen LogP contribution in [0.1, 0.15) is 20.8 Å². The molecule has 0 radical (unpaired) electrons. The van der Waals surface area contributed by atoms with Gasteiger partial charge in [-0.25, -0.2) is 13.0 Å². The van der Waals surface area contributed by atoms with Crippen molar-refractivity contribution in [3.63, 3.8) is 0 Å². The molecule has 0 aromatic rings. The smallest absolute Gasteiger partial charge is 0.956 e. The van der Waals surface area contributed by atoms with Crippen LogP contribution >= 0.6 is 0 Å². The zero-order valence-electron chi connectivity index (χ0n) is 7.69. The van der Waals surface area contributed by atoms with Gasteiger partial charge in [0.2, 0.25) is 0 Å². The van der Waals surface area contributed by atoms with E-state index < -0.39 is 0 Å². The zero-order chi connectivity index (χ0) is 6.78. The predicted octanol–water partition coefficient (Wildman–Crippen LogP) is -4.88. The Morgan fingerprint density at radius 3 is 1.60 bits per heavy atom. The number of allylic oxidation sites excluding steroid dienone is 2. The molecule has 0 aromatic carbocycles. The fourth-order valence-corrected chi connectivity index (χ4v) is 0.306. The van der Waals surface area contributed by atoms with Gasteiger partial charge in [-0.3, -0.25) is 0 Å². The molecule has 0 unspecified atom stereocenters. The molecule has 10 heavy (non-hydrogen) atoms. The summed E-state index contributed by atoms with van der Waals surface area (Å²) in [6, 6.07) is 0. The Hall–Kier alpha value is 0.605. The summed E-state index contributed by atoms with van der Waals surface area (Å²) in [7, 11) is 0. The Kier molecular flexibility index (Phi) is 10.7. The van der Waals surface area contributed by atoms with Crippen LogP contribution in [0.25, 0.3) is 0 Å². The first-order chi connectivity index (χ1) is 3.48. The summed E-state index contributed by atoms with van der Waals surface area (Å²) in [5.41, 5.74) is -0.248. The third-order valence-corrected chi connectivity index (χ3v) is 0.925. The SMILES string of the molecule is [CH2-]/C=C(\[O-])C(C)(C)C.[Li+].[Li+]. The van der Waals surface area contributed by atoms with Crippen molar-refractivity contribution in [1.29, 1.82) is 0 Å². The van der Waals surface area contributed by atoms with E-state index in [2.05, 4.69) is 6.92 Å². The van der Waals surface area contributed by atoms with Crippen LogP contribution < -0.4 is 42.8 Å². The van der Waals surface area contributed by atoms with Crippen molar-refractivity contribution in [2.24, 2.45) is 5.41 Å². The molecule has 0 aliphatic carbocycles. The fraction of sp³-hybridized carbons (Fsp3) is 0.571. The Balaban J connectivity index is -0.000000245. The van der Waals surface area contributed by atoms with Gasteiger partial charge in [-0.15, -0.1) is 0 Å². The second-order valence-corrected chi connectivity index (χ2v) is 2.82. The van der Waals surface area contributed by atoms with Crippen molar-refractivity contribution in [3.05, 3.63) is 18.8 Å². The van der Waals surface area contributed by atoms with Crippen LogP contribution in [-0.2, 0) is 0 Å². The van der Waals surface area contributed by atoms with Crippen LogP contribution in [0.15, 0.2) is 11.8 Å². The van der Waals surface area contributed by atoms with E-state index in [1.54, 1.807) is 0 Å². The van der Waals surface area contributed by atoms with Gasteiger partial charge in [-0.2, -0.15) is 0 Å². The molecule has 0 bridgehead atoms. The summed E-state index contributed by atoms with van der Waals surface area (Å²) in [5, 5.41) is 10.7. The van der Waals surface area contributed by atoms with Crippen molar-refractivity contribution < 1.29 is 42.8 Å². The molecule has 3 heteroatoms. The molecule has 0 amide bonds. The fourth-order valence-electron chi connectivity index (χ4n) is 0.306. The van der Waals surface area contributed by atoms with E-state index in [0.29, 0.717) is 0 Å². The summed E-state index contributed by atoms with van der Waals surface area (Å²) in [4.78, 5) is 0. The van der Waals surface area contributed by atoms with Gasteiger partial charge in [-0.1, -0.05) is 26.2 Å². The third-order valence-electron chi connectivity index (χ3n) is 0.925. The summed E-state index contributed by atoms with van der Waals surface area (Å²) in [6.45, 7) is 8.99. The van der Waals surface area contributed by atoms with E-state index in [1.807, 2.05) is 20.8 Å². The first-order valence-electron chi connectivity index (χ1n) is 2.65. The molecule has 48 valence electrons. The van der Waals surface area contributed by atoms with E-state index >= 15 is 0 Å². The summed E-state index contributed by atoms with van der Waals surface area (Å²) >= 11 is 0. The average Bonchev–Trinajstić information content (AvgIpc) is 1.62. The molecule has 1 nitrogen and oxygen atoms in total. The molecule has 0 heterocycles. The van der Waals surface area contributed by atoms with Crippen molar-refractivity contribution in [2.75, 3.05) is 0 Å². The molecule has 0 saturated heterocycles. The molecule has 0 rings (SSSR count). The van der Waals surface area contributed by atoms with Gasteiger partial charge in [0.05, 0.1) is 0 Å². The largest absolute Gasteiger partial charge is 1.00 e. The number of hydrogen-bond acceptors (Lipinski definition) is 1. The van der Waals surface area contributed by atoms with Gasteiger partial charge in [0.1, 0.15) is 0 Å². The molecular weight excluding hydrogens is 114 g/mol. The minimum absolute atomic E-state index is 0. The molecule has 0 aliphatic heterocycles. The van der Waals surface area contributed by atoms with E-state index in [1.165, 1.54) is 6.08 Å². The molecule has 0 saturated carbocycles. The molecule has 0 N–H and O–H groups in total. The van der Waals surface area contributed by atoms with Gasteiger partial charge < -0.3 is 10.9 Å². The van der Waals surface area contributed by atoms with Crippen LogP contribution in [0, 0.1) is 12.3 Å². The van der Waals surface area contributed by atoms with Gasteiger partial charge in [0.25, 0.3) is 0 Å². The van der Waals surface area contributed by atoms with Crippen molar-refractivity contribution in [3.8, 4) is 0 Å². The third kappa shape index (κ3) is 6.72. The second kappa shape index (κ2) is 6.32. The normalized spacial score (nSPS) is 11.3. The van der Waals surface area contributed by atoms with E-state index in [9.17, 15) is 5.11 Å². The van der Waals surface area contributed by atoms with E-state index in [0.717, 1.165) is 0 Å². The van der Waals surface area contributed by atoms with Crippen LogP contribution in [0.4, 0.5) is 0 Å². The molecule has 0 atom stereocenters. The topological polar surface area (TPSA) is 23.1 Å². The van der Waals surface area contributed by atoms with E-state index in [4.69, 9.17) is 0 Å².